The van der Waals surface area contributed by atoms with E-state index in [1.165, 1.54) is 4.90 Å². The normalized spacial score (nSPS) is 15.2. The number of fused-ring (bicyclic) bond motifs is 1. The third kappa shape index (κ3) is 3.13. The van der Waals surface area contributed by atoms with E-state index in [-0.39, 0.29) is 18.4 Å². The molecular weight excluding hydrogens is 274 g/mol. The van der Waals surface area contributed by atoms with Gasteiger partial charge in [-0.2, -0.15) is 0 Å². The van der Waals surface area contributed by atoms with Crippen molar-refractivity contribution < 1.29 is 19.5 Å². The monoisotopic (exact) mass is 291 g/mol. The van der Waals surface area contributed by atoms with E-state index >= 15 is 0 Å². The van der Waals surface area contributed by atoms with Gasteiger partial charge in [-0.05, 0) is 18.1 Å². The summed E-state index contributed by atoms with van der Waals surface area (Å²) in [7, 11) is 0. The number of rotatable bonds is 3. The van der Waals surface area contributed by atoms with Crippen molar-refractivity contribution in [3.05, 3.63) is 24.3 Å². The van der Waals surface area contributed by atoms with Gasteiger partial charge in [0.1, 0.15) is 12.6 Å². The first kappa shape index (κ1) is 14.8. The quantitative estimate of drug-likeness (QED) is 0.780. The highest BCUT2D eigenvalue weighted by Gasteiger charge is 2.30. The van der Waals surface area contributed by atoms with Gasteiger partial charge in [-0.15, -0.1) is 0 Å². The molecule has 1 aromatic rings. The van der Waals surface area contributed by atoms with Gasteiger partial charge < -0.3 is 15.7 Å². The topological polar surface area (TPSA) is 98.7 Å². The fourth-order valence-corrected chi connectivity index (χ4v) is 2.14. The van der Waals surface area contributed by atoms with Gasteiger partial charge in [-0.3, -0.25) is 9.69 Å². The highest BCUT2D eigenvalue weighted by molar-refractivity contribution is 6.09. The molecule has 112 valence electrons. The van der Waals surface area contributed by atoms with E-state index < -0.39 is 18.0 Å². The molecule has 1 aromatic carbocycles. The minimum atomic E-state index is -1.10. The third-order valence-electron chi connectivity index (χ3n) is 3.23. The molecule has 0 bridgehead atoms. The van der Waals surface area contributed by atoms with Crippen LogP contribution in [0.15, 0.2) is 24.3 Å². The number of para-hydroxylation sites is 2. The Kier molecular flexibility index (Phi) is 4.11. The fraction of sp³-hybridized carbons (Fsp3) is 0.357. The van der Waals surface area contributed by atoms with Crippen LogP contribution in [0, 0.1) is 5.92 Å². The molecule has 1 heterocycles. The molecule has 0 aromatic heterocycles. The van der Waals surface area contributed by atoms with Gasteiger partial charge in [0.2, 0.25) is 5.91 Å². The largest absolute Gasteiger partial charge is 0.480 e. The third-order valence-corrected chi connectivity index (χ3v) is 3.23. The number of benzene rings is 1. The van der Waals surface area contributed by atoms with Gasteiger partial charge in [0, 0.05) is 0 Å². The lowest BCUT2D eigenvalue weighted by molar-refractivity contribution is -0.140. The maximum absolute atomic E-state index is 12.3. The summed E-state index contributed by atoms with van der Waals surface area (Å²) in [4.78, 5) is 36.3. The first-order valence-corrected chi connectivity index (χ1v) is 6.60. The molecule has 0 unspecified atom stereocenters. The van der Waals surface area contributed by atoms with E-state index in [2.05, 4.69) is 10.6 Å². The van der Waals surface area contributed by atoms with Crippen molar-refractivity contribution in [1.82, 2.24) is 5.32 Å². The van der Waals surface area contributed by atoms with Gasteiger partial charge in [0.15, 0.2) is 0 Å². The Labute approximate surface area is 121 Å². The summed E-state index contributed by atoms with van der Waals surface area (Å²) in [5, 5.41) is 14.2. The highest BCUT2D eigenvalue weighted by Crippen LogP contribution is 2.28. The van der Waals surface area contributed by atoms with Crippen LogP contribution in [-0.2, 0) is 9.59 Å². The average molecular weight is 291 g/mol. The zero-order valence-electron chi connectivity index (χ0n) is 11.8. The molecule has 0 radical (unpaired) electrons. The fourth-order valence-electron chi connectivity index (χ4n) is 2.14. The van der Waals surface area contributed by atoms with Crippen molar-refractivity contribution >= 4 is 29.3 Å². The van der Waals surface area contributed by atoms with E-state index in [9.17, 15) is 14.4 Å². The molecule has 7 heteroatoms. The number of amides is 3. The first-order chi connectivity index (χ1) is 9.90. The van der Waals surface area contributed by atoms with Gasteiger partial charge in [-0.25, -0.2) is 9.59 Å². The number of hydrogen-bond donors (Lipinski definition) is 3. The molecular formula is C14H17N3O4. The molecule has 7 nitrogen and oxygen atoms in total. The smallest absolute Gasteiger partial charge is 0.326 e. The minimum absolute atomic E-state index is 0.146. The molecule has 0 aliphatic carbocycles. The molecule has 1 atom stereocenters. The van der Waals surface area contributed by atoms with Gasteiger partial charge in [-0.1, -0.05) is 26.0 Å². The number of carbonyl (C=O) groups is 3. The van der Waals surface area contributed by atoms with Crippen LogP contribution >= 0.6 is 0 Å². The van der Waals surface area contributed by atoms with E-state index in [0.717, 1.165) is 0 Å². The summed E-state index contributed by atoms with van der Waals surface area (Å²) in [6, 6.07) is 5.26. The summed E-state index contributed by atoms with van der Waals surface area (Å²) >= 11 is 0. The SMILES string of the molecule is CC(C)[C@H](NC(=O)N1CC(=O)Nc2ccccc21)C(=O)O. The summed E-state index contributed by atoms with van der Waals surface area (Å²) in [5.74, 6) is -1.69. The van der Waals surface area contributed by atoms with Crippen molar-refractivity contribution in [3.63, 3.8) is 0 Å². The van der Waals surface area contributed by atoms with Gasteiger partial charge >= 0.3 is 12.0 Å². The molecule has 0 spiro atoms. The van der Waals surface area contributed by atoms with Crippen LogP contribution in [0.3, 0.4) is 0 Å². The van der Waals surface area contributed by atoms with Crippen LogP contribution in [0.25, 0.3) is 0 Å². The summed E-state index contributed by atoms with van der Waals surface area (Å²) < 4.78 is 0. The Morgan fingerprint density at radius 2 is 2.00 bits per heavy atom. The predicted octanol–water partition coefficient (Wildman–Crippen LogP) is 1.26. The molecule has 0 fully saturated rings. The summed E-state index contributed by atoms with van der Waals surface area (Å²) in [5.41, 5.74) is 1.07. The standard InChI is InChI=1S/C14H17N3O4/c1-8(2)12(13(19)20)16-14(21)17-7-11(18)15-9-5-3-4-6-10(9)17/h3-6,8,12H,7H2,1-2H3,(H,15,18)(H,16,21)(H,19,20)/t12-/m0/s1. The van der Waals surface area contributed by atoms with Crippen molar-refractivity contribution in [2.24, 2.45) is 5.92 Å². The number of aliphatic carboxylic acids is 1. The van der Waals surface area contributed by atoms with Crippen LogP contribution in [-0.4, -0.2) is 35.6 Å². The first-order valence-electron chi connectivity index (χ1n) is 6.60. The van der Waals surface area contributed by atoms with Crippen LogP contribution in [0.1, 0.15) is 13.8 Å². The highest BCUT2D eigenvalue weighted by atomic mass is 16.4. The Balaban J connectivity index is 2.23. The van der Waals surface area contributed by atoms with E-state index in [4.69, 9.17) is 5.11 Å². The van der Waals surface area contributed by atoms with Crippen molar-refractivity contribution in [3.8, 4) is 0 Å². The molecule has 2 rings (SSSR count). The number of carboxylic acid groups (broad SMARTS) is 1. The number of nitrogens with zero attached hydrogens (tertiary/aromatic N) is 1. The average Bonchev–Trinajstić information content (AvgIpc) is 2.42. The summed E-state index contributed by atoms with van der Waals surface area (Å²) in [6.07, 6.45) is 0. The Bertz CT molecular complexity index is 585. The number of anilines is 2. The maximum atomic E-state index is 12.3. The molecule has 1 aliphatic rings. The van der Waals surface area contributed by atoms with Gasteiger partial charge in [0.25, 0.3) is 0 Å². The number of urea groups is 1. The molecule has 1 aliphatic heterocycles. The van der Waals surface area contributed by atoms with Crippen molar-refractivity contribution in [1.29, 1.82) is 0 Å². The zero-order valence-corrected chi connectivity index (χ0v) is 11.8. The van der Waals surface area contributed by atoms with Crippen LogP contribution < -0.4 is 15.5 Å². The van der Waals surface area contributed by atoms with E-state index in [1.807, 2.05) is 0 Å². The second-order valence-electron chi connectivity index (χ2n) is 5.16. The molecule has 0 saturated carbocycles. The Hall–Kier alpha value is -2.57. The Morgan fingerprint density at radius 3 is 2.62 bits per heavy atom. The van der Waals surface area contributed by atoms with E-state index in [1.54, 1.807) is 38.1 Å². The van der Waals surface area contributed by atoms with Crippen LogP contribution in [0.5, 0.6) is 0 Å². The molecule has 21 heavy (non-hydrogen) atoms. The Morgan fingerprint density at radius 1 is 1.33 bits per heavy atom. The lowest BCUT2D eigenvalue weighted by Gasteiger charge is -2.30. The zero-order chi connectivity index (χ0) is 15.6. The van der Waals surface area contributed by atoms with Crippen LogP contribution in [0.2, 0.25) is 0 Å². The minimum Gasteiger partial charge on any atom is -0.480 e. The molecule has 3 amide bonds. The van der Waals surface area contributed by atoms with Crippen molar-refractivity contribution in [2.75, 3.05) is 16.8 Å². The lowest BCUT2D eigenvalue weighted by Crippen LogP contribution is -2.53. The number of nitrogens with one attached hydrogen (secondary N) is 2. The molecule has 3 N–H and O–H groups in total. The number of carbonyl (C=O) groups excluding carboxylic acids is 2. The number of hydrogen-bond acceptors (Lipinski definition) is 3. The second-order valence-corrected chi connectivity index (χ2v) is 5.16. The van der Waals surface area contributed by atoms with Crippen molar-refractivity contribution in [2.45, 2.75) is 19.9 Å². The van der Waals surface area contributed by atoms with E-state index in [0.29, 0.717) is 11.4 Å². The van der Waals surface area contributed by atoms with Gasteiger partial charge in [0.05, 0.1) is 11.4 Å². The second kappa shape index (κ2) is 5.82. The molecule has 0 saturated heterocycles. The predicted molar refractivity (Wildman–Crippen MR) is 77.2 cm³/mol. The number of carboxylic acids is 1. The summed E-state index contributed by atoms with van der Waals surface area (Å²) in [6.45, 7) is 3.26. The lowest BCUT2D eigenvalue weighted by atomic mass is 10.1. The maximum Gasteiger partial charge on any atom is 0.326 e. The van der Waals surface area contributed by atoms with Crippen LogP contribution in [0.4, 0.5) is 16.2 Å².